The third-order valence-electron chi connectivity index (χ3n) is 3.69. The normalized spacial score (nSPS) is 13.6. The molecule has 0 spiro atoms. The van der Waals surface area contributed by atoms with E-state index in [2.05, 4.69) is 34.4 Å². The number of fused-ring (bicyclic) bond motifs is 1. The molecule has 22 heavy (non-hydrogen) atoms. The van der Waals surface area contributed by atoms with Crippen LogP contribution in [0.25, 0.3) is 0 Å². The van der Waals surface area contributed by atoms with Gasteiger partial charge in [-0.15, -0.1) is 0 Å². The number of benzene rings is 1. The maximum Gasteiger partial charge on any atom is 0.162 e. The Kier molecular flexibility index (Phi) is 4.51. The molecule has 0 amide bonds. The van der Waals surface area contributed by atoms with Gasteiger partial charge in [-0.1, -0.05) is 24.6 Å². The Balaban J connectivity index is 1.81. The van der Waals surface area contributed by atoms with E-state index in [4.69, 9.17) is 16.3 Å². The van der Waals surface area contributed by atoms with Crippen LogP contribution in [0, 0.1) is 11.3 Å². The minimum Gasteiger partial charge on any atom is -0.494 e. The molecule has 0 bridgehead atoms. The van der Waals surface area contributed by atoms with Crippen LogP contribution in [0.1, 0.15) is 30.0 Å². The van der Waals surface area contributed by atoms with E-state index in [-0.39, 0.29) is 0 Å². The molecule has 0 unspecified atom stereocenters. The molecule has 0 atom stereocenters. The van der Waals surface area contributed by atoms with Crippen molar-refractivity contribution in [3.63, 3.8) is 0 Å². The molecule has 0 aliphatic carbocycles. The lowest BCUT2D eigenvalue weighted by Gasteiger charge is -2.29. The molecule has 4 nitrogen and oxygen atoms in total. The molecule has 0 N–H and O–H groups in total. The van der Waals surface area contributed by atoms with Gasteiger partial charge in [0.15, 0.2) is 5.15 Å². The highest BCUT2D eigenvalue weighted by atomic mass is 35.5. The Hall–Kier alpha value is -1.77. The van der Waals surface area contributed by atoms with E-state index in [0.717, 1.165) is 43.3 Å². The minimum absolute atomic E-state index is 0.302. The Bertz CT molecular complexity index is 723. The highest BCUT2D eigenvalue weighted by Crippen LogP contribution is 2.35. The summed E-state index contributed by atoms with van der Waals surface area (Å²) < 4.78 is 9.78. The van der Waals surface area contributed by atoms with Crippen LogP contribution in [0.15, 0.2) is 18.2 Å². The smallest absolute Gasteiger partial charge is 0.162 e. The summed E-state index contributed by atoms with van der Waals surface area (Å²) in [5.74, 6) is 0.938. The van der Waals surface area contributed by atoms with Crippen LogP contribution < -0.4 is 9.64 Å². The molecule has 2 aromatic rings. The Morgan fingerprint density at radius 2 is 2.32 bits per heavy atom. The van der Waals surface area contributed by atoms with Gasteiger partial charge < -0.3 is 9.64 Å². The van der Waals surface area contributed by atoms with Gasteiger partial charge in [0.1, 0.15) is 22.4 Å². The molecule has 1 aliphatic heterocycles. The summed E-state index contributed by atoms with van der Waals surface area (Å²) in [6.07, 6.45) is 1.94. The quantitative estimate of drug-likeness (QED) is 0.848. The number of halogens is 1. The summed E-state index contributed by atoms with van der Waals surface area (Å²) in [4.78, 5) is 2.18. The fourth-order valence-electron chi connectivity index (χ4n) is 2.59. The van der Waals surface area contributed by atoms with Gasteiger partial charge in [0.25, 0.3) is 0 Å². The third-order valence-corrected chi connectivity index (χ3v) is 4.98. The van der Waals surface area contributed by atoms with Gasteiger partial charge in [-0.05, 0) is 47.6 Å². The largest absolute Gasteiger partial charge is 0.494 e. The third kappa shape index (κ3) is 2.90. The SMILES string of the molecule is CCCOc1ccc2c(c1)CCN(c1snc(Cl)c1C#N)C2. The zero-order valence-corrected chi connectivity index (χ0v) is 13.9. The van der Waals surface area contributed by atoms with Gasteiger partial charge in [0.2, 0.25) is 0 Å². The van der Waals surface area contributed by atoms with E-state index < -0.39 is 0 Å². The molecule has 114 valence electrons. The summed E-state index contributed by atoms with van der Waals surface area (Å²) >= 11 is 7.26. The number of rotatable bonds is 4. The average Bonchev–Trinajstić information content (AvgIpc) is 2.93. The molecule has 0 saturated heterocycles. The van der Waals surface area contributed by atoms with Crippen molar-refractivity contribution in [2.75, 3.05) is 18.1 Å². The van der Waals surface area contributed by atoms with E-state index in [1.807, 2.05) is 6.07 Å². The van der Waals surface area contributed by atoms with Crippen LogP contribution >= 0.6 is 23.1 Å². The van der Waals surface area contributed by atoms with Gasteiger partial charge >= 0.3 is 0 Å². The standard InChI is InChI=1S/C16H16ClN3OS/c1-2-7-21-13-4-3-12-10-20(6-5-11(12)8-13)16-14(9-18)15(17)19-22-16/h3-4,8H,2,5-7,10H2,1H3. The molecule has 1 aromatic heterocycles. The van der Waals surface area contributed by atoms with Crippen molar-refractivity contribution in [2.24, 2.45) is 0 Å². The molecule has 0 radical (unpaired) electrons. The van der Waals surface area contributed by atoms with Gasteiger partial charge in [-0.2, -0.15) is 9.64 Å². The lowest BCUT2D eigenvalue weighted by molar-refractivity contribution is 0.317. The van der Waals surface area contributed by atoms with Crippen LogP contribution in [-0.2, 0) is 13.0 Å². The van der Waals surface area contributed by atoms with Crippen molar-refractivity contribution < 1.29 is 4.74 Å². The number of aromatic nitrogens is 1. The second-order valence-electron chi connectivity index (χ2n) is 5.22. The van der Waals surface area contributed by atoms with Crippen molar-refractivity contribution in [1.82, 2.24) is 4.37 Å². The van der Waals surface area contributed by atoms with Crippen molar-refractivity contribution >= 4 is 28.1 Å². The maximum atomic E-state index is 9.22. The van der Waals surface area contributed by atoms with Crippen LogP contribution in [-0.4, -0.2) is 17.5 Å². The molecule has 1 aromatic carbocycles. The number of hydrogen-bond acceptors (Lipinski definition) is 5. The summed E-state index contributed by atoms with van der Waals surface area (Å²) in [7, 11) is 0. The minimum atomic E-state index is 0.302. The van der Waals surface area contributed by atoms with E-state index in [1.165, 1.54) is 22.7 Å². The monoisotopic (exact) mass is 333 g/mol. The highest BCUT2D eigenvalue weighted by molar-refractivity contribution is 7.10. The molecule has 1 aliphatic rings. The lowest BCUT2D eigenvalue weighted by atomic mass is 9.99. The molecule has 3 rings (SSSR count). The Labute approximate surface area is 139 Å². The van der Waals surface area contributed by atoms with Gasteiger partial charge in [0.05, 0.1) is 6.61 Å². The van der Waals surface area contributed by atoms with E-state index in [0.29, 0.717) is 10.7 Å². The van der Waals surface area contributed by atoms with Crippen molar-refractivity contribution in [3.05, 3.63) is 40.0 Å². The van der Waals surface area contributed by atoms with Crippen LogP contribution in [0.3, 0.4) is 0 Å². The van der Waals surface area contributed by atoms with Crippen LogP contribution in [0.5, 0.6) is 5.75 Å². The number of nitriles is 1. The number of hydrogen-bond donors (Lipinski definition) is 0. The summed E-state index contributed by atoms with van der Waals surface area (Å²) in [6.45, 7) is 4.48. The zero-order valence-electron chi connectivity index (χ0n) is 12.3. The van der Waals surface area contributed by atoms with Crippen molar-refractivity contribution in [3.8, 4) is 11.8 Å². The topological polar surface area (TPSA) is 49.1 Å². The van der Waals surface area contributed by atoms with Crippen molar-refractivity contribution in [1.29, 1.82) is 5.26 Å². The number of nitrogens with zero attached hydrogens (tertiary/aromatic N) is 3. The summed E-state index contributed by atoms with van der Waals surface area (Å²) in [5.41, 5.74) is 3.07. The zero-order chi connectivity index (χ0) is 15.5. The first-order chi connectivity index (χ1) is 10.7. The Morgan fingerprint density at radius 3 is 3.09 bits per heavy atom. The predicted octanol–water partition coefficient (Wildman–Crippen LogP) is 4.02. The van der Waals surface area contributed by atoms with Crippen LogP contribution in [0.2, 0.25) is 5.15 Å². The molecular formula is C16H16ClN3OS. The molecule has 6 heteroatoms. The highest BCUT2D eigenvalue weighted by Gasteiger charge is 2.23. The Morgan fingerprint density at radius 1 is 1.45 bits per heavy atom. The van der Waals surface area contributed by atoms with Gasteiger partial charge in [-0.3, -0.25) is 0 Å². The van der Waals surface area contributed by atoms with Gasteiger partial charge in [-0.25, -0.2) is 0 Å². The molecular weight excluding hydrogens is 318 g/mol. The first-order valence-electron chi connectivity index (χ1n) is 7.27. The summed E-state index contributed by atoms with van der Waals surface area (Å²) in [6, 6.07) is 8.41. The predicted molar refractivity (Wildman–Crippen MR) is 88.8 cm³/mol. The number of anilines is 1. The number of ether oxygens (including phenoxy) is 1. The summed E-state index contributed by atoms with van der Waals surface area (Å²) in [5, 5.41) is 10.4. The second-order valence-corrected chi connectivity index (χ2v) is 6.33. The van der Waals surface area contributed by atoms with E-state index in [9.17, 15) is 5.26 Å². The second kappa shape index (κ2) is 6.55. The molecule has 0 saturated carbocycles. The lowest BCUT2D eigenvalue weighted by Crippen LogP contribution is -2.30. The first kappa shape index (κ1) is 15.1. The van der Waals surface area contributed by atoms with E-state index >= 15 is 0 Å². The van der Waals surface area contributed by atoms with Crippen LogP contribution in [0.4, 0.5) is 5.00 Å². The first-order valence-corrected chi connectivity index (χ1v) is 8.43. The fourth-order valence-corrected chi connectivity index (χ4v) is 3.64. The van der Waals surface area contributed by atoms with E-state index in [1.54, 1.807) is 0 Å². The molecule has 2 heterocycles. The average molecular weight is 334 g/mol. The maximum absolute atomic E-state index is 9.22. The van der Waals surface area contributed by atoms with Crippen molar-refractivity contribution in [2.45, 2.75) is 26.3 Å². The van der Waals surface area contributed by atoms with Gasteiger partial charge in [0, 0.05) is 13.1 Å². The fraction of sp³-hybridized carbons (Fsp3) is 0.375. The molecule has 0 fully saturated rings.